The minimum absolute atomic E-state index is 0.989. The predicted octanol–water partition coefficient (Wildman–Crippen LogP) is 7.85. The Kier molecular flexibility index (Phi) is 10.2. The summed E-state index contributed by atoms with van der Waals surface area (Å²) in [7, 11) is -9.88. The number of hydrogen-bond acceptors (Lipinski definition) is 3. The fourth-order valence-electron chi connectivity index (χ4n) is 4.98. The Morgan fingerprint density at radius 1 is 0.536 bits per heavy atom. The largest absolute Gasteiger partial charge is 0.437 e. The maximum Gasteiger partial charge on any atom is 0.312 e. The molecule has 0 radical (unpaired) electrons. The van der Waals surface area contributed by atoms with Crippen molar-refractivity contribution in [3.05, 3.63) is 0 Å². The summed E-state index contributed by atoms with van der Waals surface area (Å²) in [5.74, 6) is 0. The van der Waals surface area contributed by atoms with E-state index in [-0.39, 0.29) is 0 Å². The maximum atomic E-state index is 6.78. The van der Waals surface area contributed by atoms with E-state index in [0.29, 0.717) is 0 Å². The molecule has 0 aliphatic heterocycles. The van der Waals surface area contributed by atoms with Crippen LogP contribution in [0.25, 0.3) is 0 Å². The summed E-state index contributed by atoms with van der Waals surface area (Å²) in [4.78, 5) is 0. The molecule has 0 aromatic heterocycles. The highest BCUT2D eigenvalue weighted by Crippen LogP contribution is 2.37. The first-order valence-corrected chi connectivity index (χ1v) is 30.4. The molecule has 0 amide bonds. The van der Waals surface area contributed by atoms with E-state index in [9.17, 15) is 0 Å². The molecule has 0 N–H and O–H groups in total. The fourth-order valence-corrected chi connectivity index (χ4v) is 36.0. The standard InChI is InChI=1S/C19H52O3Si6/c1-23(2,3)19(24(4,5)6)17-16-18-26(10,11)21-28(14,15)22-27(12,13)20-25(7,8)9/h19H,16-18H2,1-15H3. The first-order valence-electron chi connectivity index (χ1n) is 11.1. The lowest BCUT2D eigenvalue weighted by atomic mass is 10.4. The van der Waals surface area contributed by atoms with Gasteiger partial charge in [0.15, 0.2) is 16.6 Å². The third-order valence-corrected chi connectivity index (χ3v) is 29.0. The van der Waals surface area contributed by atoms with Gasteiger partial charge >= 0.3 is 17.1 Å². The highest BCUT2D eigenvalue weighted by Gasteiger charge is 2.43. The number of hydrogen-bond donors (Lipinski definition) is 0. The molecule has 0 saturated heterocycles. The van der Waals surface area contributed by atoms with Gasteiger partial charge in [0, 0.05) is 16.1 Å². The van der Waals surface area contributed by atoms with Gasteiger partial charge in [-0.2, -0.15) is 0 Å². The van der Waals surface area contributed by atoms with Gasteiger partial charge in [-0.05, 0) is 65.0 Å². The quantitative estimate of drug-likeness (QED) is 0.257. The summed E-state index contributed by atoms with van der Waals surface area (Å²) in [5, 5.41) is 0.989. The van der Waals surface area contributed by atoms with E-state index in [1.54, 1.807) is 0 Å². The van der Waals surface area contributed by atoms with E-state index in [0.717, 1.165) is 5.16 Å². The van der Waals surface area contributed by atoms with Gasteiger partial charge in [0.1, 0.15) is 0 Å². The van der Waals surface area contributed by atoms with Crippen molar-refractivity contribution in [3.63, 3.8) is 0 Å². The lowest BCUT2D eigenvalue weighted by Gasteiger charge is -2.41. The minimum atomic E-state index is -2.19. The molecule has 0 atom stereocenters. The highest BCUT2D eigenvalue weighted by molar-refractivity contribution is 6.96. The van der Waals surface area contributed by atoms with Crippen molar-refractivity contribution in [1.82, 2.24) is 0 Å². The van der Waals surface area contributed by atoms with Gasteiger partial charge in [-0.15, -0.1) is 0 Å². The van der Waals surface area contributed by atoms with Crippen molar-refractivity contribution < 1.29 is 12.3 Å². The predicted molar refractivity (Wildman–Crippen MR) is 144 cm³/mol. The average molecular weight is 497 g/mol. The Labute approximate surface area is 184 Å². The summed E-state index contributed by atoms with van der Waals surface area (Å²) in [6.07, 6.45) is 2.71. The van der Waals surface area contributed by atoms with Crippen molar-refractivity contribution >= 4 is 49.9 Å². The summed E-state index contributed by atoms with van der Waals surface area (Å²) in [5.41, 5.74) is 0. The Hall–Kier alpha value is 1.18. The van der Waals surface area contributed by atoms with E-state index in [1.165, 1.54) is 18.9 Å². The average Bonchev–Trinajstić information content (AvgIpc) is 2.24. The molecule has 0 rings (SSSR count). The maximum absolute atomic E-state index is 6.78. The molecule has 3 nitrogen and oxygen atoms in total. The first kappa shape index (κ1) is 29.2. The topological polar surface area (TPSA) is 27.7 Å². The summed E-state index contributed by atoms with van der Waals surface area (Å²) in [6.45, 7) is 35.7. The van der Waals surface area contributed by atoms with Crippen LogP contribution in [0.3, 0.4) is 0 Å². The van der Waals surface area contributed by atoms with Crippen LogP contribution < -0.4 is 0 Å². The lowest BCUT2D eigenvalue weighted by molar-refractivity contribution is 0.329. The van der Waals surface area contributed by atoms with Crippen LogP contribution in [-0.4, -0.2) is 49.9 Å². The molecule has 0 fully saturated rings. The lowest BCUT2D eigenvalue weighted by Crippen LogP contribution is -2.55. The van der Waals surface area contributed by atoms with Gasteiger partial charge in [-0.25, -0.2) is 0 Å². The summed E-state index contributed by atoms with van der Waals surface area (Å²) >= 11 is 0. The molecular formula is C19H52O3Si6. The van der Waals surface area contributed by atoms with E-state index in [1.807, 2.05) is 0 Å². The van der Waals surface area contributed by atoms with Crippen LogP contribution in [0.2, 0.25) is 109 Å². The SMILES string of the molecule is C[Si](C)(C)O[Si](C)(C)O[Si](C)(C)O[Si](C)(C)CCCC([Si](C)(C)C)[Si](C)(C)C. The van der Waals surface area contributed by atoms with Crippen molar-refractivity contribution in [2.24, 2.45) is 0 Å². The molecule has 0 spiro atoms. The van der Waals surface area contributed by atoms with E-state index in [4.69, 9.17) is 12.3 Å². The zero-order chi connectivity index (χ0) is 22.8. The van der Waals surface area contributed by atoms with Crippen molar-refractivity contribution in [2.45, 2.75) is 122 Å². The van der Waals surface area contributed by atoms with Crippen LogP contribution in [0.4, 0.5) is 0 Å². The first-order chi connectivity index (χ1) is 12.0. The third kappa shape index (κ3) is 12.8. The zero-order valence-corrected chi connectivity index (χ0v) is 27.9. The summed E-state index contributed by atoms with van der Waals surface area (Å²) in [6, 6.07) is 1.25. The molecule has 0 saturated carbocycles. The molecule has 0 aromatic rings. The molecule has 0 aliphatic rings. The molecule has 0 bridgehead atoms. The smallest absolute Gasteiger partial charge is 0.312 e. The van der Waals surface area contributed by atoms with Crippen LogP contribution in [0, 0.1) is 0 Å². The molecule has 0 aromatic carbocycles. The van der Waals surface area contributed by atoms with Gasteiger partial charge in [-0.1, -0.05) is 57.3 Å². The second-order valence-corrected chi connectivity index (χ2v) is 40.9. The molecule has 170 valence electrons. The van der Waals surface area contributed by atoms with Crippen LogP contribution in [-0.2, 0) is 12.3 Å². The Balaban J connectivity index is 4.90. The summed E-state index contributed by atoms with van der Waals surface area (Å²) < 4.78 is 19.8. The third-order valence-electron chi connectivity index (χ3n) is 4.93. The van der Waals surface area contributed by atoms with Crippen LogP contribution in [0.5, 0.6) is 0 Å². The van der Waals surface area contributed by atoms with Gasteiger partial charge in [0.05, 0.1) is 0 Å². The Bertz CT molecular complexity index is 473. The van der Waals surface area contributed by atoms with Crippen LogP contribution in [0.15, 0.2) is 0 Å². The Morgan fingerprint density at radius 3 is 1.29 bits per heavy atom. The van der Waals surface area contributed by atoms with Crippen LogP contribution >= 0.6 is 0 Å². The van der Waals surface area contributed by atoms with Gasteiger partial charge in [-0.3, -0.25) is 0 Å². The van der Waals surface area contributed by atoms with Gasteiger partial charge in [0.2, 0.25) is 0 Å². The van der Waals surface area contributed by atoms with Crippen molar-refractivity contribution in [1.29, 1.82) is 0 Å². The van der Waals surface area contributed by atoms with E-state index >= 15 is 0 Å². The highest BCUT2D eigenvalue weighted by atomic mass is 28.5. The van der Waals surface area contributed by atoms with Crippen molar-refractivity contribution in [2.75, 3.05) is 0 Å². The van der Waals surface area contributed by atoms with E-state index in [2.05, 4.69) is 98.2 Å². The van der Waals surface area contributed by atoms with E-state index < -0.39 is 49.9 Å². The molecule has 0 aliphatic carbocycles. The fraction of sp³-hybridized carbons (Fsp3) is 1.00. The second-order valence-electron chi connectivity index (χ2n) is 13.2. The van der Waals surface area contributed by atoms with Crippen molar-refractivity contribution in [3.8, 4) is 0 Å². The monoisotopic (exact) mass is 496 g/mol. The number of rotatable bonds is 12. The molecular weight excluding hydrogens is 445 g/mol. The Morgan fingerprint density at radius 2 is 0.929 bits per heavy atom. The normalized spacial score (nSPS) is 15.4. The second kappa shape index (κ2) is 9.76. The minimum Gasteiger partial charge on any atom is -0.437 e. The molecule has 0 heterocycles. The molecule has 28 heavy (non-hydrogen) atoms. The van der Waals surface area contributed by atoms with Crippen LogP contribution in [0.1, 0.15) is 12.8 Å². The van der Waals surface area contributed by atoms with Gasteiger partial charge in [0.25, 0.3) is 0 Å². The molecule has 0 unspecified atom stereocenters. The zero-order valence-electron chi connectivity index (χ0n) is 21.9. The van der Waals surface area contributed by atoms with Gasteiger partial charge < -0.3 is 12.3 Å². The molecule has 9 heteroatoms.